The summed E-state index contributed by atoms with van der Waals surface area (Å²) in [7, 11) is 1.61. The molecule has 4 aromatic carbocycles. The van der Waals surface area contributed by atoms with E-state index in [1.807, 2.05) is 12.1 Å². The summed E-state index contributed by atoms with van der Waals surface area (Å²) in [5.41, 5.74) is 3.22. The van der Waals surface area contributed by atoms with Crippen LogP contribution in [0.5, 0.6) is 0 Å². The van der Waals surface area contributed by atoms with Crippen LogP contribution in [0.25, 0.3) is 21.9 Å². The highest BCUT2D eigenvalue weighted by Gasteiger charge is 2.12. The number of ether oxygens (including phenoxy) is 1. The highest BCUT2D eigenvalue weighted by molar-refractivity contribution is 5.88. The number of methoxy groups -OCH3 is 1. The highest BCUT2D eigenvalue weighted by atomic mass is 19.1. The number of aryl methyl sites for hydroxylation is 2. The van der Waals surface area contributed by atoms with Gasteiger partial charge in [-0.05, 0) is 71.2 Å². The molecule has 0 unspecified atom stereocenters. The maximum atomic E-state index is 15.2. The Morgan fingerprint density at radius 2 is 1.55 bits per heavy atom. The SMILES string of the molecule is COCCc1ccc(-c2ccc3c(F)c(CCc4ccc(C#N)c(F)c4)ccc3c2)c(F)c1. The van der Waals surface area contributed by atoms with Gasteiger partial charge in [0.1, 0.15) is 23.5 Å². The van der Waals surface area contributed by atoms with Crippen molar-refractivity contribution < 1.29 is 17.9 Å². The number of benzene rings is 4. The summed E-state index contributed by atoms with van der Waals surface area (Å²) >= 11 is 0. The normalized spacial score (nSPS) is 11.0. The molecule has 0 aliphatic rings. The van der Waals surface area contributed by atoms with Crippen LogP contribution >= 0.6 is 0 Å². The molecule has 0 fully saturated rings. The van der Waals surface area contributed by atoms with Crippen molar-refractivity contribution in [2.24, 2.45) is 0 Å². The lowest BCUT2D eigenvalue weighted by atomic mass is 9.96. The second-order valence-corrected chi connectivity index (χ2v) is 7.96. The van der Waals surface area contributed by atoms with Crippen molar-refractivity contribution in [3.63, 3.8) is 0 Å². The zero-order valence-electron chi connectivity index (χ0n) is 18.2. The monoisotopic (exact) mass is 445 g/mol. The fourth-order valence-corrected chi connectivity index (χ4v) is 3.95. The van der Waals surface area contributed by atoms with E-state index in [2.05, 4.69) is 0 Å². The zero-order chi connectivity index (χ0) is 23.4. The van der Waals surface area contributed by atoms with Crippen LogP contribution in [0.2, 0.25) is 0 Å². The Morgan fingerprint density at radius 3 is 2.27 bits per heavy atom. The second kappa shape index (κ2) is 9.89. The summed E-state index contributed by atoms with van der Waals surface area (Å²) < 4.78 is 48.7. The number of hydrogen-bond acceptors (Lipinski definition) is 2. The van der Waals surface area contributed by atoms with Crippen LogP contribution in [-0.2, 0) is 24.0 Å². The fourth-order valence-electron chi connectivity index (χ4n) is 3.95. The van der Waals surface area contributed by atoms with Crippen LogP contribution in [0, 0.1) is 28.8 Å². The predicted octanol–water partition coefficient (Wildman–Crippen LogP) is 6.77. The predicted molar refractivity (Wildman–Crippen MR) is 123 cm³/mol. The second-order valence-electron chi connectivity index (χ2n) is 7.96. The van der Waals surface area contributed by atoms with Crippen molar-refractivity contribution in [1.29, 1.82) is 5.26 Å². The molecule has 0 radical (unpaired) electrons. The van der Waals surface area contributed by atoms with Crippen LogP contribution in [0.3, 0.4) is 0 Å². The van der Waals surface area contributed by atoms with Crippen molar-refractivity contribution in [3.05, 3.63) is 106 Å². The molecule has 0 spiro atoms. The molecular formula is C28H22F3NO. The summed E-state index contributed by atoms with van der Waals surface area (Å²) in [5.74, 6) is -1.22. The molecule has 0 N–H and O–H groups in total. The van der Waals surface area contributed by atoms with Crippen molar-refractivity contribution in [2.75, 3.05) is 13.7 Å². The largest absolute Gasteiger partial charge is 0.384 e. The van der Waals surface area contributed by atoms with Gasteiger partial charge in [0.2, 0.25) is 0 Å². The van der Waals surface area contributed by atoms with Gasteiger partial charge in [-0.15, -0.1) is 0 Å². The third-order valence-corrected chi connectivity index (χ3v) is 5.81. The molecule has 0 aliphatic heterocycles. The first-order valence-corrected chi connectivity index (χ1v) is 10.7. The van der Waals surface area contributed by atoms with Gasteiger partial charge < -0.3 is 4.74 Å². The Balaban J connectivity index is 1.56. The van der Waals surface area contributed by atoms with E-state index in [0.29, 0.717) is 58.9 Å². The molecular weight excluding hydrogens is 423 g/mol. The molecule has 0 aliphatic carbocycles. The van der Waals surface area contributed by atoms with Crippen molar-refractivity contribution in [1.82, 2.24) is 0 Å². The van der Waals surface area contributed by atoms with Crippen molar-refractivity contribution in [2.45, 2.75) is 19.3 Å². The molecule has 4 aromatic rings. The van der Waals surface area contributed by atoms with E-state index < -0.39 is 5.82 Å². The molecule has 0 aromatic heterocycles. The number of nitriles is 1. The minimum Gasteiger partial charge on any atom is -0.384 e. The average Bonchev–Trinajstić information content (AvgIpc) is 2.82. The Bertz CT molecular complexity index is 1360. The van der Waals surface area contributed by atoms with E-state index in [4.69, 9.17) is 10.00 Å². The standard InChI is InChI=1S/C28H22F3NO/c1-33-13-12-19-4-10-24(27(30)15-19)21-9-11-25-22(16-21)8-7-20(28(25)31)5-2-18-3-6-23(17-32)26(29)14-18/h3-4,6-11,14-16H,2,5,12-13H2,1H3. The maximum absolute atomic E-state index is 15.2. The van der Waals surface area contributed by atoms with Crippen LogP contribution in [0.1, 0.15) is 22.3 Å². The van der Waals surface area contributed by atoms with Gasteiger partial charge in [-0.3, -0.25) is 0 Å². The first-order valence-electron chi connectivity index (χ1n) is 10.7. The number of hydrogen-bond donors (Lipinski definition) is 0. The van der Waals surface area contributed by atoms with Gasteiger partial charge in [-0.1, -0.05) is 42.5 Å². The van der Waals surface area contributed by atoms with E-state index in [1.54, 1.807) is 49.6 Å². The summed E-state index contributed by atoms with van der Waals surface area (Å²) in [6, 6.07) is 20.1. The smallest absolute Gasteiger partial charge is 0.141 e. The third kappa shape index (κ3) is 4.92. The Labute approximate surface area is 190 Å². The molecule has 0 saturated heterocycles. The number of halogens is 3. The molecule has 0 amide bonds. The summed E-state index contributed by atoms with van der Waals surface area (Å²) in [5, 5.41) is 9.98. The van der Waals surface area contributed by atoms with Crippen LogP contribution in [-0.4, -0.2) is 13.7 Å². The zero-order valence-corrected chi connectivity index (χ0v) is 18.2. The minimum absolute atomic E-state index is 0.00695. The lowest BCUT2D eigenvalue weighted by molar-refractivity contribution is 0.202. The summed E-state index contributed by atoms with van der Waals surface area (Å²) in [4.78, 5) is 0. The molecule has 0 saturated carbocycles. The first kappa shape index (κ1) is 22.6. The van der Waals surface area contributed by atoms with E-state index in [-0.39, 0.29) is 17.2 Å². The fraction of sp³-hybridized carbons (Fsp3) is 0.179. The Morgan fingerprint density at radius 1 is 0.788 bits per heavy atom. The third-order valence-electron chi connectivity index (χ3n) is 5.81. The Kier molecular flexibility index (Phi) is 6.76. The van der Waals surface area contributed by atoms with E-state index in [0.717, 1.165) is 5.56 Å². The van der Waals surface area contributed by atoms with Gasteiger partial charge in [-0.2, -0.15) is 5.26 Å². The topological polar surface area (TPSA) is 33.0 Å². The van der Waals surface area contributed by atoms with Gasteiger partial charge in [-0.25, -0.2) is 13.2 Å². The summed E-state index contributed by atoms with van der Waals surface area (Å²) in [6.45, 7) is 0.524. The quantitative estimate of drug-likeness (QED) is 0.315. The molecule has 4 rings (SSSR count). The van der Waals surface area contributed by atoms with Gasteiger partial charge in [0.25, 0.3) is 0 Å². The van der Waals surface area contributed by atoms with Crippen LogP contribution in [0.4, 0.5) is 13.2 Å². The average molecular weight is 445 g/mol. The molecule has 33 heavy (non-hydrogen) atoms. The number of fused-ring (bicyclic) bond motifs is 1. The highest BCUT2D eigenvalue weighted by Crippen LogP contribution is 2.30. The lowest BCUT2D eigenvalue weighted by Crippen LogP contribution is -1.98. The lowest BCUT2D eigenvalue weighted by Gasteiger charge is -2.10. The molecule has 0 heterocycles. The molecule has 0 bridgehead atoms. The minimum atomic E-state index is -0.569. The van der Waals surface area contributed by atoms with E-state index in [1.165, 1.54) is 18.2 Å². The maximum Gasteiger partial charge on any atom is 0.141 e. The van der Waals surface area contributed by atoms with Crippen molar-refractivity contribution in [3.8, 4) is 17.2 Å². The molecule has 5 heteroatoms. The van der Waals surface area contributed by atoms with Crippen LogP contribution in [0.15, 0.2) is 66.7 Å². The van der Waals surface area contributed by atoms with E-state index >= 15 is 4.39 Å². The van der Waals surface area contributed by atoms with Crippen molar-refractivity contribution >= 4 is 10.8 Å². The molecule has 2 nitrogen and oxygen atoms in total. The Hall–Kier alpha value is -3.62. The van der Waals surface area contributed by atoms with Gasteiger partial charge in [0.05, 0.1) is 12.2 Å². The van der Waals surface area contributed by atoms with E-state index in [9.17, 15) is 8.78 Å². The van der Waals surface area contributed by atoms with Gasteiger partial charge in [0, 0.05) is 18.1 Å². The molecule has 0 atom stereocenters. The number of rotatable bonds is 7. The van der Waals surface area contributed by atoms with Gasteiger partial charge in [0.15, 0.2) is 0 Å². The van der Waals surface area contributed by atoms with Gasteiger partial charge >= 0.3 is 0 Å². The number of nitrogens with zero attached hydrogens (tertiary/aromatic N) is 1. The molecule has 166 valence electrons. The first-order chi connectivity index (χ1) is 16.0. The van der Waals surface area contributed by atoms with Crippen LogP contribution < -0.4 is 0 Å². The summed E-state index contributed by atoms with van der Waals surface area (Å²) in [6.07, 6.45) is 1.48.